The van der Waals surface area contributed by atoms with Gasteiger partial charge in [0, 0.05) is 25.0 Å². The van der Waals surface area contributed by atoms with Gasteiger partial charge in [-0.3, -0.25) is 15.1 Å². The first-order valence-electron chi connectivity index (χ1n) is 8.89. The number of nitrogens with zero attached hydrogens (tertiary/aromatic N) is 4. The fraction of sp³-hybridized carbons (Fsp3) is 0.0476. The molecule has 1 amide bonds. The minimum atomic E-state index is -0.305. The zero-order valence-corrected chi connectivity index (χ0v) is 14.8. The van der Waals surface area contributed by atoms with Crippen molar-refractivity contribution in [3.63, 3.8) is 0 Å². The highest BCUT2D eigenvalue weighted by Gasteiger charge is 2.18. The third-order valence-corrected chi connectivity index (χ3v) is 4.54. The highest BCUT2D eigenvalue weighted by Crippen LogP contribution is 2.18. The smallest absolute Gasteiger partial charge is 0.278 e. The monoisotopic (exact) mass is 368 g/mol. The van der Waals surface area contributed by atoms with Gasteiger partial charge in [-0.1, -0.05) is 24.3 Å². The van der Waals surface area contributed by atoms with Gasteiger partial charge in [0.1, 0.15) is 5.82 Å². The van der Waals surface area contributed by atoms with E-state index in [0.29, 0.717) is 18.1 Å². The summed E-state index contributed by atoms with van der Waals surface area (Å²) in [6, 6.07) is 17.2. The molecule has 4 heterocycles. The van der Waals surface area contributed by atoms with Crippen molar-refractivity contribution in [3.05, 3.63) is 90.3 Å². The lowest BCUT2D eigenvalue weighted by Crippen LogP contribution is -2.14. The number of fused-ring (bicyclic) bond motifs is 2. The molecule has 0 radical (unpaired) electrons. The van der Waals surface area contributed by atoms with E-state index in [1.807, 2.05) is 65.2 Å². The van der Waals surface area contributed by atoms with Crippen LogP contribution in [0.4, 0.5) is 5.95 Å². The Labute approximate surface area is 160 Å². The maximum absolute atomic E-state index is 12.9. The molecule has 136 valence electrons. The van der Waals surface area contributed by atoms with Crippen molar-refractivity contribution in [2.24, 2.45) is 0 Å². The molecule has 7 nitrogen and oxygen atoms in total. The van der Waals surface area contributed by atoms with Gasteiger partial charge in [-0.15, -0.1) is 0 Å². The molecule has 0 fully saturated rings. The summed E-state index contributed by atoms with van der Waals surface area (Å²) < 4.78 is 1.93. The molecule has 2 N–H and O–H groups in total. The Kier molecular flexibility index (Phi) is 3.83. The summed E-state index contributed by atoms with van der Waals surface area (Å²) in [6.07, 6.45) is 6.03. The zero-order chi connectivity index (χ0) is 18.9. The Morgan fingerprint density at radius 3 is 2.79 bits per heavy atom. The van der Waals surface area contributed by atoms with E-state index in [9.17, 15) is 4.79 Å². The number of aromatic nitrogens is 5. The van der Waals surface area contributed by atoms with Gasteiger partial charge in [0.2, 0.25) is 5.95 Å². The second-order valence-electron chi connectivity index (χ2n) is 6.43. The molecule has 4 aromatic heterocycles. The fourth-order valence-corrected chi connectivity index (χ4v) is 3.26. The second kappa shape index (κ2) is 6.62. The van der Waals surface area contributed by atoms with Crippen molar-refractivity contribution < 1.29 is 4.79 Å². The zero-order valence-electron chi connectivity index (χ0n) is 14.8. The Hall–Kier alpha value is -4.00. The van der Waals surface area contributed by atoms with E-state index in [-0.39, 0.29) is 5.91 Å². The molecule has 0 aliphatic carbocycles. The van der Waals surface area contributed by atoms with Crippen LogP contribution in [-0.4, -0.2) is 30.2 Å². The molecule has 28 heavy (non-hydrogen) atoms. The largest absolute Gasteiger partial charge is 0.324 e. The first-order valence-corrected chi connectivity index (χ1v) is 8.89. The van der Waals surface area contributed by atoms with Crippen LogP contribution in [0.2, 0.25) is 0 Å². The number of anilines is 1. The lowest BCUT2D eigenvalue weighted by molar-refractivity contribution is 0.102. The summed E-state index contributed by atoms with van der Waals surface area (Å²) >= 11 is 0. The number of hydrogen-bond acceptors (Lipinski definition) is 4. The van der Waals surface area contributed by atoms with Gasteiger partial charge in [-0.05, 0) is 35.9 Å². The van der Waals surface area contributed by atoms with Gasteiger partial charge in [0.25, 0.3) is 5.91 Å². The molecule has 1 aromatic carbocycles. The molecule has 0 atom stereocenters. The summed E-state index contributed by atoms with van der Waals surface area (Å²) in [4.78, 5) is 29.2. The maximum atomic E-state index is 12.9. The van der Waals surface area contributed by atoms with E-state index in [4.69, 9.17) is 0 Å². The van der Waals surface area contributed by atoms with E-state index in [1.54, 1.807) is 12.4 Å². The summed E-state index contributed by atoms with van der Waals surface area (Å²) in [5, 5.41) is 2.82. The van der Waals surface area contributed by atoms with Crippen LogP contribution in [0.5, 0.6) is 0 Å². The Balaban J connectivity index is 1.50. The van der Waals surface area contributed by atoms with Crippen LogP contribution < -0.4 is 5.32 Å². The van der Waals surface area contributed by atoms with Gasteiger partial charge < -0.3 is 9.38 Å². The van der Waals surface area contributed by atoms with Crippen LogP contribution in [0.3, 0.4) is 0 Å². The number of carbonyl (C=O) groups excluding carboxylic acids is 1. The summed E-state index contributed by atoms with van der Waals surface area (Å²) in [6.45, 7) is 0. The van der Waals surface area contributed by atoms with E-state index >= 15 is 0 Å². The Morgan fingerprint density at radius 1 is 1.04 bits per heavy atom. The predicted molar refractivity (Wildman–Crippen MR) is 106 cm³/mol. The molecule has 0 spiro atoms. The minimum Gasteiger partial charge on any atom is -0.324 e. The summed E-state index contributed by atoms with van der Waals surface area (Å²) in [5.74, 6) is 0.871. The summed E-state index contributed by atoms with van der Waals surface area (Å²) in [7, 11) is 0. The standard InChI is InChI=1S/C21H16N6O/c28-20(26-21-23-15-7-1-2-8-16(15)24-21)19-17-9-3-4-11-27(17)18(25-19)12-14-6-5-10-22-13-14/h1-11,13H,12H2,(H2,23,24,26,28). The number of benzene rings is 1. The molecule has 0 aliphatic heterocycles. The molecular weight excluding hydrogens is 352 g/mol. The van der Waals surface area contributed by atoms with Crippen molar-refractivity contribution in [1.29, 1.82) is 0 Å². The number of rotatable bonds is 4. The van der Waals surface area contributed by atoms with Gasteiger partial charge in [0.05, 0.1) is 16.6 Å². The molecule has 0 unspecified atom stereocenters. The van der Waals surface area contributed by atoms with Crippen molar-refractivity contribution in [1.82, 2.24) is 24.3 Å². The average Bonchev–Trinajstić information content (AvgIpc) is 3.30. The number of imidazole rings is 2. The number of H-pyrrole nitrogens is 1. The molecule has 0 saturated heterocycles. The predicted octanol–water partition coefficient (Wildman–Crippen LogP) is 3.45. The molecule has 0 bridgehead atoms. The molecular formula is C21H16N6O. The van der Waals surface area contributed by atoms with Crippen LogP contribution >= 0.6 is 0 Å². The lowest BCUT2D eigenvalue weighted by atomic mass is 10.2. The lowest BCUT2D eigenvalue weighted by Gasteiger charge is -2.00. The normalized spacial score (nSPS) is 11.1. The topological polar surface area (TPSA) is 88.0 Å². The van der Waals surface area contributed by atoms with E-state index in [1.165, 1.54) is 0 Å². The number of para-hydroxylation sites is 2. The van der Waals surface area contributed by atoms with E-state index < -0.39 is 0 Å². The molecule has 0 aliphatic rings. The van der Waals surface area contributed by atoms with Gasteiger partial charge in [-0.25, -0.2) is 9.97 Å². The maximum Gasteiger partial charge on any atom is 0.278 e. The molecule has 0 saturated carbocycles. The Bertz CT molecular complexity index is 1260. The van der Waals surface area contributed by atoms with Gasteiger partial charge in [0.15, 0.2) is 5.69 Å². The number of nitrogens with one attached hydrogen (secondary N) is 2. The number of amides is 1. The van der Waals surface area contributed by atoms with Crippen LogP contribution in [0.1, 0.15) is 21.9 Å². The van der Waals surface area contributed by atoms with Crippen LogP contribution in [0.15, 0.2) is 73.2 Å². The van der Waals surface area contributed by atoms with E-state index in [0.717, 1.165) is 27.9 Å². The van der Waals surface area contributed by atoms with Crippen LogP contribution in [0, 0.1) is 0 Å². The highest BCUT2D eigenvalue weighted by molar-refractivity contribution is 6.07. The highest BCUT2D eigenvalue weighted by atomic mass is 16.2. The van der Waals surface area contributed by atoms with Crippen molar-refractivity contribution in [3.8, 4) is 0 Å². The Morgan fingerprint density at radius 2 is 1.93 bits per heavy atom. The minimum absolute atomic E-state index is 0.305. The quantitative estimate of drug-likeness (QED) is 0.509. The number of pyridine rings is 2. The first-order chi connectivity index (χ1) is 13.8. The molecule has 5 aromatic rings. The van der Waals surface area contributed by atoms with E-state index in [2.05, 4.69) is 25.3 Å². The van der Waals surface area contributed by atoms with Crippen molar-refractivity contribution in [2.75, 3.05) is 5.32 Å². The third kappa shape index (κ3) is 2.88. The average molecular weight is 368 g/mol. The van der Waals surface area contributed by atoms with Gasteiger partial charge >= 0.3 is 0 Å². The SMILES string of the molecule is O=C(Nc1nc2ccccc2[nH]1)c1nc(Cc2cccnc2)n2ccccc12. The van der Waals surface area contributed by atoms with Crippen molar-refractivity contribution >= 4 is 28.4 Å². The first kappa shape index (κ1) is 16.2. The fourth-order valence-electron chi connectivity index (χ4n) is 3.26. The number of carbonyl (C=O) groups is 1. The van der Waals surface area contributed by atoms with Crippen LogP contribution in [0.25, 0.3) is 16.6 Å². The molecule has 7 heteroatoms. The van der Waals surface area contributed by atoms with Crippen molar-refractivity contribution in [2.45, 2.75) is 6.42 Å². The third-order valence-electron chi connectivity index (χ3n) is 4.54. The second-order valence-corrected chi connectivity index (χ2v) is 6.43. The van der Waals surface area contributed by atoms with Crippen LogP contribution in [-0.2, 0) is 6.42 Å². The van der Waals surface area contributed by atoms with Gasteiger partial charge in [-0.2, -0.15) is 0 Å². The summed E-state index contributed by atoms with van der Waals surface area (Å²) in [5.41, 5.74) is 3.80. The number of hydrogen-bond donors (Lipinski definition) is 2. The molecule has 5 rings (SSSR count). The number of aromatic amines is 1.